The maximum atomic E-state index is 13.9. The van der Waals surface area contributed by atoms with Gasteiger partial charge in [-0.2, -0.15) is 0 Å². The van der Waals surface area contributed by atoms with Gasteiger partial charge in [-0.3, -0.25) is 14.4 Å². The number of nitrogens with zero attached hydrogens (tertiary/aromatic N) is 1. The topological polar surface area (TPSA) is 75.7 Å². The van der Waals surface area contributed by atoms with Crippen LogP contribution in [0.1, 0.15) is 70.4 Å². The number of rotatable bonds is 5. The number of halogens is 3. The second kappa shape index (κ2) is 11.3. The van der Waals surface area contributed by atoms with Crippen LogP contribution < -0.4 is 10.1 Å². The lowest BCUT2D eigenvalue weighted by Crippen LogP contribution is -2.43. The van der Waals surface area contributed by atoms with Gasteiger partial charge < -0.3 is 15.0 Å². The summed E-state index contributed by atoms with van der Waals surface area (Å²) in [7, 11) is 1.99. The van der Waals surface area contributed by atoms with Gasteiger partial charge in [0, 0.05) is 69.1 Å². The first-order chi connectivity index (χ1) is 19.6. The molecule has 0 aromatic heterocycles. The van der Waals surface area contributed by atoms with Gasteiger partial charge in [-0.25, -0.2) is 0 Å². The van der Waals surface area contributed by atoms with Gasteiger partial charge in [-0.05, 0) is 76.4 Å². The van der Waals surface area contributed by atoms with E-state index in [2.05, 4.69) is 69.8 Å². The molecule has 0 fully saturated rings. The van der Waals surface area contributed by atoms with Gasteiger partial charge in [-0.15, -0.1) is 0 Å². The van der Waals surface area contributed by atoms with E-state index in [0.717, 1.165) is 34.3 Å². The number of amides is 1. The molecule has 6 nitrogen and oxygen atoms in total. The SMILES string of the molecule is Cc1ccc(NC(=O)COc2c(Br)cc(Br)cc2C2C3=C(CC(C)(C)CC3=O)N(C)C3=C2C(=O)CC(C)(C)C3)cc1Cl. The molecule has 42 heavy (non-hydrogen) atoms. The maximum Gasteiger partial charge on any atom is 0.262 e. The Labute approximate surface area is 269 Å². The molecule has 5 rings (SSSR count). The van der Waals surface area contributed by atoms with Gasteiger partial charge in [-0.1, -0.05) is 61.3 Å². The van der Waals surface area contributed by atoms with E-state index in [-0.39, 0.29) is 34.9 Å². The van der Waals surface area contributed by atoms with Crippen molar-refractivity contribution in [3.8, 4) is 5.75 Å². The highest BCUT2D eigenvalue weighted by atomic mass is 79.9. The Morgan fingerprint density at radius 2 is 1.55 bits per heavy atom. The minimum absolute atomic E-state index is 0.0401. The Bertz CT molecular complexity index is 1540. The zero-order chi connectivity index (χ0) is 30.7. The van der Waals surface area contributed by atoms with Gasteiger partial charge in [0.2, 0.25) is 0 Å². The van der Waals surface area contributed by atoms with Crippen molar-refractivity contribution in [2.45, 2.75) is 66.2 Å². The first kappa shape index (κ1) is 31.0. The van der Waals surface area contributed by atoms with E-state index in [1.807, 2.05) is 32.2 Å². The van der Waals surface area contributed by atoms with Gasteiger partial charge in [0.25, 0.3) is 5.91 Å². The van der Waals surface area contributed by atoms with Crippen molar-refractivity contribution in [3.05, 3.63) is 78.0 Å². The lowest BCUT2D eigenvalue weighted by molar-refractivity contribution is -0.120. The summed E-state index contributed by atoms with van der Waals surface area (Å²) < 4.78 is 7.60. The third kappa shape index (κ3) is 6.00. The van der Waals surface area contributed by atoms with Gasteiger partial charge in [0.05, 0.1) is 4.47 Å². The van der Waals surface area contributed by atoms with Crippen LogP contribution in [0.15, 0.2) is 61.8 Å². The molecule has 0 unspecified atom stereocenters. The molecule has 1 N–H and O–H groups in total. The number of aryl methyl sites for hydroxylation is 1. The molecule has 0 spiro atoms. The Morgan fingerprint density at radius 3 is 2.10 bits per heavy atom. The monoisotopic (exact) mass is 716 g/mol. The van der Waals surface area contributed by atoms with Crippen LogP contribution in [0.3, 0.4) is 0 Å². The number of ether oxygens (including phenoxy) is 1. The number of nitrogens with one attached hydrogen (secondary N) is 1. The van der Waals surface area contributed by atoms with E-state index in [9.17, 15) is 14.4 Å². The number of anilines is 1. The zero-order valence-corrected chi connectivity index (χ0v) is 28.6. The third-order valence-corrected chi connectivity index (χ3v) is 9.79. The first-order valence-corrected chi connectivity index (χ1v) is 16.0. The molecule has 0 saturated carbocycles. The molecule has 1 heterocycles. The molecule has 1 aliphatic heterocycles. The van der Waals surface area contributed by atoms with Crippen molar-refractivity contribution in [2.24, 2.45) is 10.8 Å². The highest BCUT2D eigenvalue weighted by Crippen LogP contribution is 2.56. The van der Waals surface area contributed by atoms with Crippen LogP contribution in [-0.2, 0) is 14.4 Å². The molecule has 2 aromatic rings. The van der Waals surface area contributed by atoms with Gasteiger partial charge in [0.1, 0.15) is 5.75 Å². The average Bonchev–Trinajstić information content (AvgIpc) is 2.85. The molecule has 0 bridgehead atoms. The summed E-state index contributed by atoms with van der Waals surface area (Å²) in [6.45, 7) is 10.1. The van der Waals surface area contributed by atoms with Crippen molar-refractivity contribution in [1.82, 2.24) is 4.90 Å². The van der Waals surface area contributed by atoms with E-state index < -0.39 is 5.92 Å². The van der Waals surface area contributed by atoms with Crippen LogP contribution in [-0.4, -0.2) is 36.0 Å². The smallest absolute Gasteiger partial charge is 0.262 e. The summed E-state index contributed by atoms with van der Waals surface area (Å²) in [5, 5.41) is 3.39. The molecule has 3 aliphatic rings. The molecule has 0 saturated heterocycles. The second-order valence-corrected chi connectivity index (χ2v) is 15.4. The van der Waals surface area contributed by atoms with E-state index in [4.69, 9.17) is 16.3 Å². The summed E-state index contributed by atoms with van der Waals surface area (Å²) >= 11 is 13.5. The fourth-order valence-corrected chi connectivity index (χ4v) is 7.98. The molecule has 222 valence electrons. The van der Waals surface area contributed by atoms with Crippen LogP contribution in [0.2, 0.25) is 5.02 Å². The van der Waals surface area contributed by atoms with Crippen LogP contribution in [0.5, 0.6) is 5.75 Å². The lowest BCUT2D eigenvalue weighted by Gasteiger charge is -2.48. The Kier molecular flexibility index (Phi) is 8.31. The normalized spacial score (nSPS) is 20.0. The Morgan fingerprint density at radius 1 is 0.976 bits per heavy atom. The van der Waals surface area contributed by atoms with Crippen molar-refractivity contribution < 1.29 is 19.1 Å². The quantitative estimate of drug-likeness (QED) is 0.336. The number of carbonyl (C=O) groups excluding carboxylic acids is 3. The number of carbonyl (C=O) groups is 3. The number of allylic oxidation sites excluding steroid dienone is 4. The molecule has 0 radical (unpaired) electrons. The van der Waals surface area contributed by atoms with E-state index >= 15 is 0 Å². The van der Waals surface area contributed by atoms with Gasteiger partial charge >= 0.3 is 0 Å². The summed E-state index contributed by atoms with van der Waals surface area (Å²) in [5.74, 6) is -0.443. The van der Waals surface area contributed by atoms with Crippen LogP contribution in [0.25, 0.3) is 0 Å². The van der Waals surface area contributed by atoms with E-state index in [0.29, 0.717) is 50.5 Å². The highest BCUT2D eigenvalue weighted by Gasteiger charge is 2.49. The predicted octanol–water partition coefficient (Wildman–Crippen LogP) is 8.51. The van der Waals surface area contributed by atoms with E-state index in [1.54, 1.807) is 12.1 Å². The first-order valence-electron chi connectivity index (χ1n) is 14.0. The second-order valence-electron chi connectivity index (χ2n) is 13.2. The van der Waals surface area contributed by atoms with Crippen LogP contribution in [0, 0.1) is 17.8 Å². The average molecular weight is 719 g/mol. The summed E-state index contributed by atoms with van der Waals surface area (Å²) in [4.78, 5) is 42.9. The van der Waals surface area contributed by atoms with Crippen LogP contribution >= 0.6 is 43.5 Å². The predicted molar refractivity (Wildman–Crippen MR) is 173 cm³/mol. The highest BCUT2D eigenvalue weighted by molar-refractivity contribution is 9.11. The molecule has 9 heteroatoms. The summed E-state index contributed by atoms with van der Waals surface area (Å²) in [6, 6.07) is 9.07. The Hall–Kier alpha value is -2.42. The van der Waals surface area contributed by atoms with Gasteiger partial charge in [0.15, 0.2) is 18.2 Å². The fourth-order valence-electron chi connectivity index (χ4n) is 6.43. The minimum Gasteiger partial charge on any atom is -0.482 e. The summed E-state index contributed by atoms with van der Waals surface area (Å²) in [6.07, 6.45) is 2.23. The standard InChI is InChI=1S/C33H35Br2ClN2O4/c1-17-7-8-19(11-22(17)36)37-27(41)16-42-31-20(9-18(34)10-21(31)35)28-29-23(12-32(2,3)14-25(29)39)38(6)24-13-33(4,5)15-26(40)30(24)28/h7-11,28H,12-16H2,1-6H3,(H,37,41). The number of ketones is 2. The molecular formula is C33H35Br2ClN2O4. The lowest BCUT2D eigenvalue weighted by atomic mass is 9.63. The number of benzene rings is 2. The molecular weight excluding hydrogens is 684 g/mol. The molecule has 0 atom stereocenters. The summed E-state index contributed by atoms with van der Waals surface area (Å²) in [5.41, 5.74) is 4.98. The van der Waals surface area contributed by atoms with E-state index in [1.165, 1.54) is 0 Å². The molecule has 1 amide bonds. The Balaban J connectivity index is 1.59. The molecule has 2 aliphatic carbocycles. The molecule has 2 aromatic carbocycles. The fraction of sp³-hybridized carbons (Fsp3) is 0.424. The van der Waals surface area contributed by atoms with Crippen LogP contribution in [0.4, 0.5) is 5.69 Å². The largest absolute Gasteiger partial charge is 0.482 e. The number of hydrogen-bond donors (Lipinski definition) is 1. The van der Waals surface area contributed by atoms with Crippen molar-refractivity contribution in [2.75, 3.05) is 19.0 Å². The van der Waals surface area contributed by atoms with Crippen molar-refractivity contribution in [1.29, 1.82) is 0 Å². The van der Waals surface area contributed by atoms with Crippen molar-refractivity contribution >= 4 is 66.6 Å². The van der Waals surface area contributed by atoms with Crippen molar-refractivity contribution in [3.63, 3.8) is 0 Å². The number of hydrogen-bond acceptors (Lipinski definition) is 5. The number of Topliss-reactive ketones (excluding diaryl/α,β-unsaturated/α-hetero) is 2. The zero-order valence-electron chi connectivity index (χ0n) is 24.7. The maximum absolute atomic E-state index is 13.9. The minimum atomic E-state index is -0.596. The third-order valence-electron chi connectivity index (χ3n) is 8.33.